The fourth-order valence-corrected chi connectivity index (χ4v) is 3.24. The van der Waals surface area contributed by atoms with Crippen LogP contribution in [0.5, 0.6) is 0 Å². The summed E-state index contributed by atoms with van der Waals surface area (Å²) in [4.78, 5) is 29.3. The number of fused-ring (bicyclic) bond motifs is 1. The third kappa shape index (κ3) is 3.59. The van der Waals surface area contributed by atoms with Crippen molar-refractivity contribution in [1.82, 2.24) is 9.38 Å². The third-order valence-corrected chi connectivity index (χ3v) is 4.34. The molecule has 0 saturated heterocycles. The number of rotatable bonds is 5. The Kier molecular flexibility index (Phi) is 4.81. The molecule has 8 heteroatoms. The largest absolute Gasteiger partial charge is 0.372 e. The zero-order valence-corrected chi connectivity index (χ0v) is 15.7. The van der Waals surface area contributed by atoms with Crippen molar-refractivity contribution < 1.29 is 9.72 Å². The first-order valence-corrected chi connectivity index (χ1v) is 8.48. The molecule has 1 aromatic carbocycles. The van der Waals surface area contributed by atoms with Crippen LogP contribution < -0.4 is 10.2 Å². The smallest absolute Gasteiger partial charge is 0.358 e. The Morgan fingerprint density at radius 3 is 2.56 bits per heavy atom. The van der Waals surface area contributed by atoms with Crippen molar-refractivity contribution in [2.75, 3.05) is 23.8 Å². The maximum Gasteiger partial charge on any atom is 0.372 e. The molecule has 27 heavy (non-hydrogen) atoms. The normalized spacial score (nSPS) is 10.8. The molecule has 1 amide bonds. The number of aromatic nitrogens is 2. The zero-order valence-electron chi connectivity index (χ0n) is 15.7. The quantitative estimate of drug-likeness (QED) is 0.552. The first-order valence-electron chi connectivity index (χ1n) is 8.48. The van der Waals surface area contributed by atoms with E-state index in [0.717, 1.165) is 22.4 Å². The number of imidazole rings is 1. The minimum Gasteiger partial charge on any atom is -0.358 e. The van der Waals surface area contributed by atoms with Crippen LogP contribution in [0.15, 0.2) is 36.5 Å². The van der Waals surface area contributed by atoms with E-state index in [1.165, 1.54) is 9.30 Å². The number of amides is 1. The molecule has 0 bridgehead atoms. The van der Waals surface area contributed by atoms with Gasteiger partial charge in [-0.3, -0.25) is 4.79 Å². The number of nitrogens with zero attached hydrogens (tertiary/aromatic N) is 4. The van der Waals surface area contributed by atoms with Gasteiger partial charge >= 0.3 is 5.82 Å². The SMILES string of the molecule is Cc1cc(C)c(NC(=O)CN(C)c2nc3ccccn3c2[N+](=O)[O-])c(C)c1. The Hall–Kier alpha value is -3.42. The second-order valence-corrected chi connectivity index (χ2v) is 6.62. The summed E-state index contributed by atoms with van der Waals surface area (Å²) in [6.07, 6.45) is 1.58. The van der Waals surface area contributed by atoms with Gasteiger partial charge in [-0.1, -0.05) is 23.8 Å². The molecule has 3 rings (SSSR count). The summed E-state index contributed by atoms with van der Waals surface area (Å²) in [5.41, 5.74) is 4.30. The maximum absolute atomic E-state index is 12.5. The Labute approximate surface area is 156 Å². The number of hydrogen-bond acceptors (Lipinski definition) is 5. The van der Waals surface area contributed by atoms with Gasteiger partial charge in [0.15, 0.2) is 0 Å². The van der Waals surface area contributed by atoms with E-state index >= 15 is 0 Å². The van der Waals surface area contributed by atoms with Gasteiger partial charge in [0.1, 0.15) is 0 Å². The summed E-state index contributed by atoms with van der Waals surface area (Å²) in [7, 11) is 1.61. The second-order valence-electron chi connectivity index (χ2n) is 6.62. The van der Waals surface area contributed by atoms with Crippen molar-refractivity contribution in [2.24, 2.45) is 0 Å². The van der Waals surface area contributed by atoms with Gasteiger partial charge in [-0.15, -0.1) is 0 Å². The Balaban J connectivity index is 1.85. The van der Waals surface area contributed by atoms with Crippen molar-refractivity contribution in [3.63, 3.8) is 0 Å². The van der Waals surface area contributed by atoms with Crippen LogP contribution in [0.3, 0.4) is 0 Å². The number of nitrogens with one attached hydrogen (secondary N) is 1. The Morgan fingerprint density at radius 1 is 1.26 bits per heavy atom. The van der Waals surface area contributed by atoms with E-state index in [4.69, 9.17) is 0 Å². The second kappa shape index (κ2) is 7.06. The summed E-state index contributed by atoms with van der Waals surface area (Å²) < 4.78 is 1.40. The lowest BCUT2D eigenvalue weighted by Gasteiger charge is -2.17. The van der Waals surface area contributed by atoms with Gasteiger partial charge in [-0.25, -0.2) is 0 Å². The summed E-state index contributed by atoms with van der Waals surface area (Å²) in [6.45, 7) is 5.82. The van der Waals surface area contributed by atoms with Crippen LogP contribution in [0.25, 0.3) is 5.65 Å². The predicted octanol–water partition coefficient (Wildman–Crippen LogP) is 3.24. The van der Waals surface area contributed by atoms with E-state index in [2.05, 4.69) is 10.3 Å². The fourth-order valence-electron chi connectivity index (χ4n) is 3.24. The highest BCUT2D eigenvalue weighted by Crippen LogP contribution is 2.28. The first kappa shape index (κ1) is 18.4. The molecule has 0 radical (unpaired) electrons. The predicted molar refractivity (Wildman–Crippen MR) is 104 cm³/mol. The Morgan fingerprint density at radius 2 is 1.93 bits per heavy atom. The molecular formula is C19H21N5O3. The van der Waals surface area contributed by atoms with Crippen LogP contribution in [-0.4, -0.2) is 33.8 Å². The van der Waals surface area contributed by atoms with Crippen LogP contribution in [0, 0.1) is 30.9 Å². The number of nitro groups is 1. The van der Waals surface area contributed by atoms with E-state index in [-0.39, 0.29) is 24.1 Å². The van der Waals surface area contributed by atoms with Gasteiger partial charge in [-0.2, -0.15) is 9.38 Å². The van der Waals surface area contributed by atoms with Gasteiger partial charge in [0, 0.05) is 18.8 Å². The van der Waals surface area contributed by atoms with Gasteiger partial charge in [-0.05, 0) is 42.9 Å². The van der Waals surface area contributed by atoms with Crippen molar-refractivity contribution in [2.45, 2.75) is 20.8 Å². The number of aryl methyl sites for hydroxylation is 3. The molecule has 0 saturated carbocycles. The number of hydrogen-bond donors (Lipinski definition) is 1. The molecule has 0 aliphatic carbocycles. The average molecular weight is 367 g/mol. The van der Waals surface area contributed by atoms with Crippen molar-refractivity contribution >= 4 is 28.9 Å². The molecule has 0 spiro atoms. The molecule has 0 aliphatic rings. The van der Waals surface area contributed by atoms with Gasteiger partial charge in [0.2, 0.25) is 17.4 Å². The van der Waals surface area contributed by atoms with Crippen molar-refractivity contribution in [1.29, 1.82) is 0 Å². The average Bonchev–Trinajstić information content (AvgIpc) is 2.98. The van der Waals surface area contributed by atoms with E-state index in [9.17, 15) is 14.9 Å². The lowest BCUT2D eigenvalue weighted by molar-refractivity contribution is -0.389. The monoisotopic (exact) mass is 367 g/mol. The molecule has 140 valence electrons. The minimum atomic E-state index is -0.488. The molecular weight excluding hydrogens is 346 g/mol. The number of carbonyl (C=O) groups excluding carboxylic acids is 1. The molecule has 2 heterocycles. The van der Waals surface area contributed by atoms with Crippen LogP contribution in [-0.2, 0) is 4.79 Å². The van der Waals surface area contributed by atoms with Gasteiger partial charge < -0.3 is 20.3 Å². The fraction of sp³-hybridized carbons (Fsp3) is 0.263. The van der Waals surface area contributed by atoms with Gasteiger partial charge in [0.05, 0.1) is 12.7 Å². The third-order valence-electron chi connectivity index (χ3n) is 4.34. The van der Waals surface area contributed by atoms with Crippen LogP contribution in [0.2, 0.25) is 0 Å². The standard InChI is InChI=1S/C19H21N5O3/c1-12-9-13(2)17(14(3)10-12)21-16(25)11-22(4)18-19(24(26)27)23-8-6-5-7-15(23)20-18/h5-10H,11H2,1-4H3,(H,21,25). The van der Waals surface area contributed by atoms with Crippen LogP contribution in [0.1, 0.15) is 16.7 Å². The molecule has 0 fully saturated rings. The highest BCUT2D eigenvalue weighted by molar-refractivity contribution is 5.95. The zero-order chi connectivity index (χ0) is 19.7. The molecule has 0 aliphatic heterocycles. The highest BCUT2D eigenvalue weighted by Gasteiger charge is 2.26. The van der Waals surface area contributed by atoms with E-state index < -0.39 is 4.92 Å². The molecule has 1 N–H and O–H groups in total. The van der Waals surface area contributed by atoms with Crippen molar-refractivity contribution in [3.05, 3.63) is 63.3 Å². The molecule has 0 atom stereocenters. The summed E-state index contributed by atoms with van der Waals surface area (Å²) in [6, 6.07) is 9.13. The number of benzene rings is 1. The van der Waals surface area contributed by atoms with Crippen LogP contribution >= 0.6 is 0 Å². The molecule has 2 aromatic heterocycles. The first-order chi connectivity index (χ1) is 12.8. The van der Waals surface area contributed by atoms with E-state index in [1.807, 2.05) is 32.9 Å². The van der Waals surface area contributed by atoms with Crippen molar-refractivity contribution in [3.8, 4) is 0 Å². The minimum absolute atomic E-state index is 0.0581. The molecule has 3 aromatic rings. The number of likely N-dealkylation sites (N-methyl/N-ethyl adjacent to an activating group) is 1. The lowest BCUT2D eigenvalue weighted by Crippen LogP contribution is -2.31. The number of pyridine rings is 1. The Bertz CT molecular complexity index is 1020. The summed E-state index contributed by atoms with van der Waals surface area (Å²) in [5.74, 6) is -0.277. The van der Waals surface area contributed by atoms with Gasteiger partial charge in [0.25, 0.3) is 0 Å². The van der Waals surface area contributed by atoms with E-state index in [1.54, 1.807) is 31.4 Å². The maximum atomic E-state index is 12.5. The number of anilines is 2. The summed E-state index contributed by atoms with van der Waals surface area (Å²) >= 11 is 0. The lowest BCUT2D eigenvalue weighted by atomic mass is 10.1. The topological polar surface area (TPSA) is 92.8 Å². The van der Waals surface area contributed by atoms with E-state index in [0.29, 0.717) is 5.65 Å². The number of carbonyl (C=O) groups is 1. The highest BCUT2D eigenvalue weighted by atomic mass is 16.6. The van der Waals surface area contributed by atoms with Crippen LogP contribution in [0.4, 0.5) is 17.3 Å². The molecule has 8 nitrogen and oxygen atoms in total. The summed E-state index contributed by atoms with van der Waals surface area (Å²) in [5, 5.41) is 14.4. The molecule has 0 unspecified atom stereocenters.